The molecule has 0 N–H and O–H groups in total. The van der Waals surface area contributed by atoms with E-state index in [9.17, 15) is 0 Å². The molecule has 0 fully saturated rings. The van der Waals surface area contributed by atoms with Gasteiger partial charge in [0.15, 0.2) is 5.82 Å². The summed E-state index contributed by atoms with van der Waals surface area (Å²) in [6, 6.07) is 8.02. The van der Waals surface area contributed by atoms with Crippen LogP contribution in [-0.4, -0.2) is 41.1 Å². The highest BCUT2D eigenvalue weighted by molar-refractivity contribution is 6.31. The van der Waals surface area contributed by atoms with Crippen molar-refractivity contribution in [2.75, 3.05) is 11.4 Å². The molecule has 6 rings (SSSR count). The minimum Gasteiger partial charge on any atom is -0.351 e. The molecule has 0 radical (unpaired) electrons. The Balaban J connectivity index is 1.45. The van der Waals surface area contributed by atoms with Crippen LogP contribution in [0.5, 0.6) is 0 Å². The van der Waals surface area contributed by atoms with E-state index in [-0.39, 0.29) is 0 Å². The lowest BCUT2D eigenvalue weighted by atomic mass is 10.0. The van der Waals surface area contributed by atoms with Gasteiger partial charge in [0.1, 0.15) is 5.82 Å². The lowest BCUT2D eigenvalue weighted by molar-refractivity contribution is 0.705. The second-order valence-electron chi connectivity index (χ2n) is 9.14. The minimum absolute atomic E-state index is 0.668. The van der Waals surface area contributed by atoms with Crippen LogP contribution in [0.15, 0.2) is 42.9 Å². The summed E-state index contributed by atoms with van der Waals surface area (Å²) in [6.45, 7) is 5.53. The number of anilines is 1. The van der Waals surface area contributed by atoms with Crippen LogP contribution in [-0.2, 0) is 27.1 Å². The number of aromatic nitrogens is 7. The highest BCUT2D eigenvalue weighted by Crippen LogP contribution is 2.34. The van der Waals surface area contributed by atoms with Gasteiger partial charge in [-0.2, -0.15) is 10.2 Å². The van der Waals surface area contributed by atoms with Crippen LogP contribution in [0.3, 0.4) is 0 Å². The van der Waals surface area contributed by atoms with Gasteiger partial charge in [0.2, 0.25) is 0 Å². The molecule has 0 saturated carbocycles. The predicted octanol–water partition coefficient (Wildman–Crippen LogP) is 4.66. The molecule has 4 aromatic heterocycles. The van der Waals surface area contributed by atoms with Gasteiger partial charge in [-0.1, -0.05) is 11.6 Å². The molecule has 1 aliphatic heterocycles. The maximum absolute atomic E-state index is 6.40. The van der Waals surface area contributed by atoms with E-state index in [0.717, 1.165) is 63.5 Å². The Morgan fingerprint density at radius 1 is 0.914 bits per heavy atom. The Morgan fingerprint density at radius 2 is 1.66 bits per heavy atom. The van der Waals surface area contributed by atoms with Crippen molar-refractivity contribution in [3.8, 4) is 22.5 Å². The van der Waals surface area contributed by atoms with Crippen LogP contribution in [0.25, 0.3) is 33.4 Å². The Bertz CT molecular complexity index is 1600. The third-order valence-electron chi connectivity index (χ3n) is 6.56. The minimum atomic E-state index is 0.668. The Hall–Kier alpha value is -3.78. The topological polar surface area (TPSA) is 77.5 Å². The van der Waals surface area contributed by atoms with Crippen molar-refractivity contribution in [3.63, 3.8) is 0 Å². The Morgan fingerprint density at radius 3 is 2.37 bits per heavy atom. The van der Waals surface area contributed by atoms with Crippen molar-refractivity contribution in [1.29, 1.82) is 0 Å². The fraction of sp³-hybridized carbons (Fsp3) is 0.269. The quantitative estimate of drug-likeness (QED) is 0.370. The summed E-state index contributed by atoms with van der Waals surface area (Å²) in [4.78, 5) is 17.0. The van der Waals surface area contributed by atoms with E-state index in [2.05, 4.69) is 21.2 Å². The fourth-order valence-electron chi connectivity index (χ4n) is 4.90. The molecule has 0 bridgehead atoms. The standard InChI is InChI=1S/C26H25ClN8/c1-15-21(13-33(3)31-15)17-9-18-12-35(8-7-23(18)28-11-17)26-20-10-19(27)5-6-24(20)29-25(30-26)22-14-34(4)32-16(22)2/h5-6,9-11,13-14H,7-8,12H2,1-4H3. The molecule has 8 nitrogen and oxygen atoms in total. The molecule has 5 heterocycles. The second-order valence-corrected chi connectivity index (χ2v) is 9.57. The van der Waals surface area contributed by atoms with Crippen molar-refractivity contribution in [2.45, 2.75) is 26.8 Å². The fourth-order valence-corrected chi connectivity index (χ4v) is 5.07. The maximum atomic E-state index is 6.40. The van der Waals surface area contributed by atoms with Crippen molar-refractivity contribution >= 4 is 28.3 Å². The maximum Gasteiger partial charge on any atom is 0.165 e. The van der Waals surface area contributed by atoms with Crippen LogP contribution in [0, 0.1) is 13.8 Å². The van der Waals surface area contributed by atoms with Crippen LogP contribution in [0.2, 0.25) is 5.02 Å². The summed E-state index contributed by atoms with van der Waals surface area (Å²) in [5, 5.41) is 10.6. The number of aryl methyl sites for hydroxylation is 4. The first-order chi connectivity index (χ1) is 16.9. The van der Waals surface area contributed by atoms with Crippen LogP contribution in [0.4, 0.5) is 5.82 Å². The molecule has 176 valence electrons. The van der Waals surface area contributed by atoms with E-state index in [4.69, 9.17) is 26.6 Å². The number of hydrogen-bond donors (Lipinski definition) is 0. The van der Waals surface area contributed by atoms with E-state index in [1.165, 1.54) is 5.56 Å². The highest BCUT2D eigenvalue weighted by atomic mass is 35.5. The van der Waals surface area contributed by atoms with Gasteiger partial charge in [0.05, 0.1) is 22.5 Å². The molecule has 1 aromatic carbocycles. The van der Waals surface area contributed by atoms with Gasteiger partial charge in [-0.15, -0.1) is 0 Å². The molecule has 0 aliphatic carbocycles. The smallest absolute Gasteiger partial charge is 0.165 e. The zero-order valence-electron chi connectivity index (χ0n) is 20.1. The normalized spacial score (nSPS) is 13.5. The zero-order valence-corrected chi connectivity index (χ0v) is 20.9. The monoisotopic (exact) mass is 484 g/mol. The van der Waals surface area contributed by atoms with Gasteiger partial charge in [-0.25, -0.2) is 9.97 Å². The number of nitrogens with zero attached hydrogens (tertiary/aromatic N) is 8. The van der Waals surface area contributed by atoms with Gasteiger partial charge in [-0.3, -0.25) is 14.3 Å². The van der Waals surface area contributed by atoms with Crippen molar-refractivity contribution < 1.29 is 0 Å². The lowest BCUT2D eigenvalue weighted by Crippen LogP contribution is -2.32. The SMILES string of the molecule is Cc1nn(C)cc1-c1cnc2c(c1)CN(c1nc(-c3cn(C)nc3C)nc3ccc(Cl)cc13)CC2. The summed E-state index contributed by atoms with van der Waals surface area (Å²) >= 11 is 6.40. The van der Waals surface area contributed by atoms with Crippen molar-refractivity contribution in [1.82, 2.24) is 34.5 Å². The molecule has 35 heavy (non-hydrogen) atoms. The first-order valence-corrected chi connectivity index (χ1v) is 11.9. The van der Waals surface area contributed by atoms with Crippen LogP contribution >= 0.6 is 11.6 Å². The van der Waals surface area contributed by atoms with E-state index >= 15 is 0 Å². The third kappa shape index (κ3) is 3.83. The molecule has 5 aromatic rings. The summed E-state index contributed by atoms with van der Waals surface area (Å²) in [6.07, 6.45) is 6.81. The van der Waals surface area contributed by atoms with Gasteiger partial charge in [0.25, 0.3) is 0 Å². The van der Waals surface area contributed by atoms with Crippen LogP contribution < -0.4 is 4.90 Å². The number of pyridine rings is 1. The van der Waals surface area contributed by atoms with Gasteiger partial charge in [0, 0.05) is 79.4 Å². The van der Waals surface area contributed by atoms with Gasteiger partial charge >= 0.3 is 0 Å². The van der Waals surface area contributed by atoms with Crippen LogP contribution in [0.1, 0.15) is 22.6 Å². The number of fused-ring (bicyclic) bond motifs is 2. The Labute approximate surface area is 208 Å². The largest absolute Gasteiger partial charge is 0.351 e. The molecule has 0 spiro atoms. The molecule has 0 saturated heterocycles. The van der Waals surface area contributed by atoms with Gasteiger partial charge in [-0.05, 0) is 43.7 Å². The van der Waals surface area contributed by atoms with E-state index in [1.54, 1.807) is 4.68 Å². The lowest BCUT2D eigenvalue weighted by Gasteiger charge is -2.30. The molecule has 0 amide bonds. The number of rotatable bonds is 3. The first-order valence-electron chi connectivity index (χ1n) is 11.6. The molecule has 9 heteroatoms. The molecular weight excluding hydrogens is 460 g/mol. The predicted molar refractivity (Wildman–Crippen MR) is 137 cm³/mol. The highest BCUT2D eigenvalue weighted by Gasteiger charge is 2.23. The number of benzene rings is 1. The second kappa shape index (κ2) is 8.16. The molecule has 1 aliphatic rings. The first kappa shape index (κ1) is 21.7. The number of hydrogen-bond acceptors (Lipinski definition) is 6. The third-order valence-corrected chi connectivity index (χ3v) is 6.79. The number of halogens is 1. The summed E-state index contributed by atoms with van der Waals surface area (Å²) in [5.74, 6) is 1.55. The average Bonchev–Trinajstić information content (AvgIpc) is 3.36. The Kier molecular flexibility index (Phi) is 5.07. The van der Waals surface area contributed by atoms with Crippen molar-refractivity contribution in [3.05, 3.63) is 70.5 Å². The van der Waals surface area contributed by atoms with Crippen molar-refractivity contribution in [2.24, 2.45) is 14.1 Å². The average molecular weight is 485 g/mol. The van der Waals surface area contributed by atoms with E-state index < -0.39 is 0 Å². The van der Waals surface area contributed by atoms with Gasteiger partial charge < -0.3 is 4.90 Å². The van der Waals surface area contributed by atoms with E-state index in [0.29, 0.717) is 17.4 Å². The summed E-state index contributed by atoms with van der Waals surface area (Å²) in [5.41, 5.74) is 8.20. The molecule has 0 atom stereocenters. The molecule has 0 unspecified atom stereocenters. The summed E-state index contributed by atoms with van der Waals surface area (Å²) < 4.78 is 3.64. The summed E-state index contributed by atoms with van der Waals surface area (Å²) in [7, 11) is 3.85. The molecular formula is C26H25ClN8. The zero-order chi connectivity index (χ0) is 24.3. The van der Waals surface area contributed by atoms with E-state index in [1.807, 2.05) is 69.4 Å².